The van der Waals surface area contributed by atoms with Crippen molar-refractivity contribution in [3.63, 3.8) is 0 Å². The molecule has 0 saturated carbocycles. The van der Waals surface area contributed by atoms with Gasteiger partial charge in [-0.2, -0.15) is 0 Å². The van der Waals surface area contributed by atoms with Crippen molar-refractivity contribution in [1.82, 2.24) is 4.90 Å². The molecule has 2 atom stereocenters. The highest BCUT2D eigenvalue weighted by molar-refractivity contribution is 9.10. The van der Waals surface area contributed by atoms with E-state index in [0.29, 0.717) is 4.47 Å². The molecule has 7 heteroatoms. The van der Waals surface area contributed by atoms with Crippen LogP contribution in [0, 0.1) is 0 Å². The number of hydrogen-bond acceptors (Lipinski definition) is 5. The minimum atomic E-state index is -0.828. The van der Waals surface area contributed by atoms with E-state index in [-0.39, 0.29) is 24.3 Å². The second-order valence-corrected chi connectivity index (χ2v) is 5.46. The van der Waals surface area contributed by atoms with Gasteiger partial charge in [0.15, 0.2) is 0 Å². The lowest BCUT2D eigenvalue weighted by atomic mass is 10.1. The molecule has 0 bridgehead atoms. The highest BCUT2D eigenvalue weighted by atomic mass is 79.9. The number of aromatic hydroxyl groups is 1. The fourth-order valence-corrected chi connectivity index (χ4v) is 2.59. The van der Waals surface area contributed by atoms with Crippen LogP contribution in [0.4, 0.5) is 0 Å². The van der Waals surface area contributed by atoms with Gasteiger partial charge in [-0.3, -0.25) is 4.79 Å². The first-order chi connectivity index (χ1) is 9.43. The van der Waals surface area contributed by atoms with Crippen LogP contribution >= 0.6 is 15.9 Å². The Morgan fingerprint density at radius 2 is 2.15 bits per heavy atom. The summed E-state index contributed by atoms with van der Waals surface area (Å²) in [6, 6.07) is 3.64. The Kier molecular flexibility index (Phi) is 4.29. The summed E-state index contributed by atoms with van der Waals surface area (Å²) in [5.41, 5.74) is 0.0798. The minimum Gasteiger partial charge on any atom is -0.507 e. The van der Waals surface area contributed by atoms with Gasteiger partial charge in [-0.15, -0.1) is 0 Å². The Bertz CT molecular complexity index is 548. The number of aliphatic hydroxyl groups excluding tert-OH is 1. The summed E-state index contributed by atoms with van der Waals surface area (Å²) in [5.74, 6) is -1.28. The second kappa shape index (κ2) is 5.80. The van der Waals surface area contributed by atoms with Gasteiger partial charge in [0.1, 0.15) is 11.8 Å². The first-order valence-electron chi connectivity index (χ1n) is 5.99. The quantitative estimate of drug-likeness (QED) is 0.779. The molecule has 1 saturated heterocycles. The third-order valence-electron chi connectivity index (χ3n) is 3.20. The molecule has 0 aromatic heterocycles. The lowest BCUT2D eigenvalue weighted by Crippen LogP contribution is -2.41. The van der Waals surface area contributed by atoms with Crippen molar-refractivity contribution in [3.8, 4) is 5.75 Å². The molecule has 0 spiro atoms. The molecular formula is C13H14BrNO5. The van der Waals surface area contributed by atoms with E-state index in [1.165, 1.54) is 24.1 Å². The Morgan fingerprint density at radius 1 is 1.45 bits per heavy atom. The van der Waals surface area contributed by atoms with Crippen LogP contribution < -0.4 is 0 Å². The standard InChI is InChI=1S/C13H14BrNO5/c1-20-13(19)10-5-8(16)6-15(10)12(18)9-3-2-7(14)4-11(9)17/h2-4,8,10,16-17H,5-6H2,1H3. The molecule has 1 aromatic carbocycles. The molecule has 2 unspecified atom stereocenters. The maximum Gasteiger partial charge on any atom is 0.328 e. The van der Waals surface area contributed by atoms with Crippen LogP contribution in [0.25, 0.3) is 0 Å². The van der Waals surface area contributed by atoms with Crippen molar-refractivity contribution in [2.24, 2.45) is 0 Å². The number of carbonyl (C=O) groups is 2. The van der Waals surface area contributed by atoms with E-state index in [4.69, 9.17) is 0 Å². The Morgan fingerprint density at radius 3 is 2.75 bits per heavy atom. The smallest absolute Gasteiger partial charge is 0.328 e. The third kappa shape index (κ3) is 2.78. The average Bonchev–Trinajstić information content (AvgIpc) is 2.79. The normalized spacial score (nSPS) is 21.9. The predicted octanol–water partition coefficient (Wildman–Crippen LogP) is 0.903. The molecule has 2 rings (SSSR count). The van der Waals surface area contributed by atoms with Crippen LogP contribution in [0.3, 0.4) is 0 Å². The predicted molar refractivity (Wildman–Crippen MR) is 73.3 cm³/mol. The summed E-state index contributed by atoms with van der Waals surface area (Å²) in [6.45, 7) is 0.0358. The van der Waals surface area contributed by atoms with Gasteiger partial charge in [-0.1, -0.05) is 15.9 Å². The molecule has 1 fully saturated rings. The number of β-amino-alcohol motifs (C(OH)–C–C–N with tert-alkyl or cyclic N) is 1. The Labute approximate surface area is 124 Å². The molecule has 0 radical (unpaired) electrons. The molecule has 1 aliphatic heterocycles. The fourth-order valence-electron chi connectivity index (χ4n) is 2.24. The summed E-state index contributed by atoms with van der Waals surface area (Å²) in [4.78, 5) is 25.3. The van der Waals surface area contributed by atoms with Crippen molar-refractivity contribution in [2.45, 2.75) is 18.6 Å². The van der Waals surface area contributed by atoms with E-state index in [9.17, 15) is 19.8 Å². The van der Waals surface area contributed by atoms with Crippen LogP contribution in [0.5, 0.6) is 5.75 Å². The van der Waals surface area contributed by atoms with Crippen molar-refractivity contribution >= 4 is 27.8 Å². The number of phenolic OH excluding ortho intramolecular Hbond substituents is 1. The van der Waals surface area contributed by atoms with Gasteiger partial charge in [0, 0.05) is 17.4 Å². The van der Waals surface area contributed by atoms with E-state index in [2.05, 4.69) is 20.7 Å². The molecule has 20 heavy (non-hydrogen) atoms. The number of rotatable bonds is 2. The fraction of sp³-hybridized carbons (Fsp3) is 0.385. The van der Waals surface area contributed by atoms with Crippen molar-refractivity contribution < 1.29 is 24.5 Å². The lowest BCUT2D eigenvalue weighted by Gasteiger charge is -2.22. The van der Waals surface area contributed by atoms with Crippen molar-refractivity contribution in [2.75, 3.05) is 13.7 Å². The number of nitrogens with zero attached hydrogens (tertiary/aromatic N) is 1. The summed E-state index contributed by atoms with van der Waals surface area (Å²) in [5, 5.41) is 19.5. The van der Waals surface area contributed by atoms with Gasteiger partial charge in [0.25, 0.3) is 5.91 Å². The van der Waals surface area contributed by atoms with Crippen molar-refractivity contribution in [1.29, 1.82) is 0 Å². The highest BCUT2D eigenvalue weighted by Crippen LogP contribution is 2.27. The largest absolute Gasteiger partial charge is 0.507 e. The summed E-state index contributed by atoms with van der Waals surface area (Å²) in [6.07, 6.45) is -0.643. The SMILES string of the molecule is COC(=O)C1CC(O)CN1C(=O)c1ccc(Br)cc1O. The number of phenols is 1. The van der Waals surface area contributed by atoms with E-state index < -0.39 is 24.0 Å². The number of esters is 1. The van der Waals surface area contributed by atoms with Gasteiger partial charge in [0.05, 0.1) is 18.8 Å². The molecule has 1 aliphatic rings. The van der Waals surface area contributed by atoms with Gasteiger partial charge >= 0.3 is 5.97 Å². The first-order valence-corrected chi connectivity index (χ1v) is 6.78. The first kappa shape index (κ1) is 14.8. The molecule has 1 aromatic rings. The second-order valence-electron chi connectivity index (χ2n) is 4.55. The van der Waals surface area contributed by atoms with E-state index in [1.807, 2.05) is 0 Å². The third-order valence-corrected chi connectivity index (χ3v) is 3.70. The zero-order valence-electron chi connectivity index (χ0n) is 10.7. The van der Waals surface area contributed by atoms with Crippen LogP contribution in [0.1, 0.15) is 16.8 Å². The number of amides is 1. The lowest BCUT2D eigenvalue weighted by molar-refractivity contribution is -0.145. The van der Waals surface area contributed by atoms with E-state index in [1.54, 1.807) is 6.07 Å². The maximum atomic E-state index is 12.4. The molecule has 0 aliphatic carbocycles. The van der Waals surface area contributed by atoms with Crippen LogP contribution in [-0.4, -0.2) is 52.8 Å². The molecule has 2 N–H and O–H groups in total. The van der Waals surface area contributed by atoms with Gasteiger partial charge in [-0.05, 0) is 18.2 Å². The van der Waals surface area contributed by atoms with Gasteiger partial charge < -0.3 is 19.8 Å². The molecule has 1 heterocycles. The Hall–Kier alpha value is -1.60. The number of methoxy groups -OCH3 is 1. The number of carbonyl (C=O) groups excluding carboxylic acids is 2. The summed E-state index contributed by atoms with van der Waals surface area (Å²) < 4.78 is 5.27. The highest BCUT2D eigenvalue weighted by Gasteiger charge is 2.40. The number of aliphatic hydroxyl groups is 1. The van der Waals surface area contributed by atoms with Crippen LogP contribution in [0.2, 0.25) is 0 Å². The number of halogens is 1. The molecule has 1 amide bonds. The number of benzene rings is 1. The summed E-state index contributed by atoms with van der Waals surface area (Å²) >= 11 is 3.19. The molecule has 6 nitrogen and oxygen atoms in total. The number of hydrogen-bond donors (Lipinski definition) is 2. The Balaban J connectivity index is 2.29. The molecular weight excluding hydrogens is 330 g/mol. The van der Waals surface area contributed by atoms with Gasteiger partial charge in [-0.25, -0.2) is 4.79 Å². The topological polar surface area (TPSA) is 87.1 Å². The van der Waals surface area contributed by atoms with Crippen LogP contribution in [-0.2, 0) is 9.53 Å². The number of likely N-dealkylation sites (tertiary alicyclic amines) is 1. The zero-order valence-corrected chi connectivity index (χ0v) is 12.3. The molecule has 108 valence electrons. The monoisotopic (exact) mass is 343 g/mol. The van der Waals surface area contributed by atoms with Gasteiger partial charge in [0.2, 0.25) is 0 Å². The van der Waals surface area contributed by atoms with E-state index >= 15 is 0 Å². The van der Waals surface area contributed by atoms with Crippen molar-refractivity contribution in [3.05, 3.63) is 28.2 Å². The zero-order chi connectivity index (χ0) is 14.9. The van der Waals surface area contributed by atoms with Crippen LogP contribution in [0.15, 0.2) is 22.7 Å². The van der Waals surface area contributed by atoms with E-state index in [0.717, 1.165) is 0 Å². The maximum absolute atomic E-state index is 12.4. The summed E-state index contributed by atoms with van der Waals surface area (Å²) in [7, 11) is 1.23. The average molecular weight is 344 g/mol. The number of ether oxygens (including phenoxy) is 1. The minimum absolute atomic E-state index is 0.0358.